The van der Waals surface area contributed by atoms with Crippen molar-refractivity contribution in [1.82, 2.24) is 0 Å². The molecule has 0 amide bonds. The first-order valence-electron chi connectivity index (χ1n) is 5.84. The van der Waals surface area contributed by atoms with Crippen molar-refractivity contribution in [2.45, 2.75) is 46.5 Å². The van der Waals surface area contributed by atoms with Crippen molar-refractivity contribution in [1.29, 1.82) is 0 Å². The van der Waals surface area contributed by atoms with E-state index in [1.807, 2.05) is 11.3 Å². The fraction of sp³-hybridized carbons (Fsp3) is 0.571. The first kappa shape index (κ1) is 12.5. The highest BCUT2D eigenvalue weighted by molar-refractivity contribution is 7.09. The van der Waals surface area contributed by atoms with Gasteiger partial charge in [0.05, 0.1) is 0 Å². The number of allylic oxidation sites excluding steroid dienone is 2. The third-order valence-corrected chi connectivity index (χ3v) is 3.61. The molecule has 1 unspecified atom stereocenters. The third-order valence-electron chi connectivity index (χ3n) is 2.68. The molecule has 0 spiro atoms. The molecule has 1 aromatic rings. The summed E-state index contributed by atoms with van der Waals surface area (Å²) in [6.07, 6.45) is 7.51. The summed E-state index contributed by atoms with van der Waals surface area (Å²) in [6.45, 7) is 6.72. The molecule has 1 aromatic heterocycles. The van der Waals surface area contributed by atoms with E-state index in [4.69, 9.17) is 0 Å². The molecule has 0 radical (unpaired) electrons. The molecule has 0 nitrogen and oxygen atoms in total. The van der Waals surface area contributed by atoms with E-state index in [1.165, 1.54) is 36.1 Å². The summed E-state index contributed by atoms with van der Waals surface area (Å²) in [6, 6.07) is 4.39. The minimum atomic E-state index is 0.850. The van der Waals surface area contributed by atoms with Crippen LogP contribution in [-0.4, -0.2) is 0 Å². The lowest BCUT2D eigenvalue weighted by atomic mass is 9.99. The topological polar surface area (TPSA) is 0 Å². The van der Waals surface area contributed by atoms with Crippen molar-refractivity contribution in [2.24, 2.45) is 5.92 Å². The largest absolute Gasteiger partial charge is 0.149 e. The Bertz CT molecular complexity index is 278. The van der Waals surface area contributed by atoms with Gasteiger partial charge in [0.2, 0.25) is 0 Å². The lowest BCUT2D eigenvalue weighted by Crippen LogP contribution is -1.95. The van der Waals surface area contributed by atoms with Crippen LogP contribution in [0.3, 0.4) is 0 Å². The molecule has 0 aliphatic rings. The Balaban J connectivity index is 2.14. The van der Waals surface area contributed by atoms with Gasteiger partial charge in [-0.2, -0.15) is 0 Å². The minimum Gasteiger partial charge on any atom is -0.149 e. The summed E-state index contributed by atoms with van der Waals surface area (Å²) in [7, 11) is 0. The quantitative estimate of drug-likeness (QED) is 0.590. The maximum absolute atomic E-state index is 2.37. The van der Waals surface area contributed by atoms with Crippen molar-refractivity contribution >= 4 is 11.3 Å². The number of aryl methyl sites for hydroxylation is 1. The molecule has 0 aliphatic carbocycles. The molecule has 0 aliphatic heterocycles. The zero-order chi connectivity index (χ0) is 11.1. The molecule has 0 bridgehead atoms. The lowest BCUT2D eigenvalue weighted by molar-refractivity contribution is 0.498. The van der Waals surface area contributed by atoms with Gasteiger partial charge in [-0.25, -0.2) is 0 Å². The molecular formula is C14H22S. The zero-order valence-electron chi connectivity index (χ0n) is 10.1. The molecule has 0 saturated carbocycles. The van der Waals surface area contributed by atoms with Gasteiger partial charge >= 0.3 is 0 Å². The molecule has 1 atom stereocenters. The van der Waals surface area contributed by atoms with E-state index in [0.29, 0.717) is 0 Å². The molecule has 0 saturated heterocycles. The van der Waals surface area contributed by atoms with Crippen LogP contribution >= 0.6 is 11.3 Å². The average molecular weight is 222 g/mol. The summed E-state index contributed by atoms with van der Waals surface area (Å²) in [5, 5.41) is 2.17. The maximum atomic E-state index is 2.37. The van der Waals surface area contributed by atoms with Crippen molar-refractivity contribution in [3.05, 3.63) is 34.0 Å². The van der Waals surface area contributed by atoms with Crippen LogP contribution in [0.2, 0.25) is 0 Å². The van der Waals surface area contributed by atoms with E-state index in [1.54, 1.807) is 0 Å². The summed E-state index contributed by atoms with van der Waals surface area (Å²) < 4.78 is 0. The fourth-order valence-corrected chi connectivity index (χ4v) is 2.37. The number of rotatable bonds is 6. The van der Waals surface area contributed by atoms with E-state index >= 15 is 0 Å². The minimum absolute atomic E-state index is 0.850. The highest BCUT2D eigenvalue weighted by atomic mass is 32.1. The van der Waals surface area contributed by atoms with Crippen LogP contribution in [0.15, 0.2) is 29.2 Å². The van der Waals surface area contributed by atoms with Gasteiger partial charge in [0.15, 0.2) is 0 Å². The molecular weight excluding hydrogens is 200 g/mol. The summed E-state index contributed by atoms with van der Waals surface area (Å²) in [4.78, 5) is 1.53. The second kappa shape index (κ2) is 6.84. The van der Waals surface area contributed by atoms with Crippen molar-refractivity contribution in [3.63, 3.8) is 0 Å². The van der Waals surface area contributed by atoms with Crippen LogP contribution in [0.25, 0.3) is 0 Å². The second-order valence-corrected chi connectivity index (χ2v) is 5.61. The smallest absolute Gasteiger partial charge is 0.00453 e. The van der Waals surface area contributed by atoms with Gasteiger partial charge in [-0.1, -0.05) is 24.6 Å². The van der Waals surface area contributed by atoms with Gasteiger partial charge in [0, 0.05) is 4.88 Å². The Labute approximate surface area is 98.0 Å². The van der Waals surface area contributed by atoms with Crippen LogP contribution < -0.4 is 0 Å². The van der Waals surface area contributed by atoms with E-state index in [9.17, 15) is 0 Å². The van der Waals surface area contributed by atoms with Gasteiger partial charge in [-0.05, 0) is 56.9 Å². The normalized spacial score (nSPS) is 12.5. The Morgan fingerprint density at radius 2 is 2.20 bits per heavy atom. The molecule has 1 rings (SSSR count). The molecule has 1 heterocycles. The van der Waals surface area contributed by atoms with E-state index < -0.39 is 0 Å². The van der Waals surface area contributed by atoms with Gasteiger partial charge in [-0.3, -0.25) is 0 Å². The molecule has 15 heavy (non-hydrogen) atoms. The fourth-order valence-electron chi connectivity index (χ4n) is 1.64. The Morgan fingerprint density at radius 3 is 2.80 bits per heavy atom. The molecule has 1 heteroatoms. The third kappa shape index (κ3) is 5.78. The van der Waals surface area contributed by atoms with Crippen LogP contribution in [0.5, 0.6) is 0 Å². The number of hydrogen-bond donors (Lipinski definition) is 0. The summed E-state index contributed by atoms with van der Waals surface area (Å²) in [5.74, 6) is 0.850. The molecule has 84 valence electrons. The highest BCUT2D eigenvalue weighted by Gasteiger charge is 2.02. The zero-order valence-corrected chi connectivity index (χ0v) is 10.9. The summed E-state index contributed by atoms with van der Waals surface area (Å²) >= 11 is 1.88. The monoisotopic (exact) mass is 222 g/mol. The number of thiophene rings is 1. The second-order valence-electron chi connectivity index (χ2n) is 4.58. The Morgan fingerprint density at radius 1 is 1.40 bits per heavy atom. The highest BCUT2D eigenvalue weighted by Crippen LogP contribution is 2.17. The first-order chi connectivity index (χ1) is 7.18. The molecule has 0 N–H and O–H groups in total. The summed E-state index contributed by atoms with van der Waals surface area (Å²) in [5.41, 5.74) is 1.44. The van der Waals surface area contributed by atoms with Crippen molar-refractivity contribution < 1.29 is 0 Å². The molecule has 0 fully saturated rings. The van der Waals surface area contributed by atoms with Gasteiger partial charge in [0.25, 0.3) is 0 Å². The lowest BCUT2D eigenvalue weighted by Gasteiger charge is -2.08. The Kier molecular flexibility index (Phi) is 5.70. The standard InChI is InChI=1S/C14H22S/c1-12(2)6-4-7-13(3)9-10-14-8-5-11-15-14/h5-6,8,11,13H,4,7,9-10H2,1-3H3. The molecule has 0 aromatic carbocycles. The van der Waals surface area contributed by atoms with Gasteiger partial charge in [-0.15, -0.1) is 11.3 Å². The van der Waals surface area contributed by atoms with E-state index in [-0.39, 0.29) is 0 Å². The Hall–Kier alpha value is -0.560. The maximum Gasteiger partial charge on any atom is 0.00453 e. The first-order valence-corrected chi connectivity index (χ1v) is 6.72. The van der Waals surface area contributed by atoms with Crippen LogP contribution in [0, 0.1) is 5.92 Å². The van der Waals surface area contributed by atoms with E-state index in [0.717, 1.165) is 5.92 Å². The predicted octanol–water partition coefficient (Wildman–Crippen LogP) is 5.06. The van der Waals surface area contributed by atoms with E-state index in [2.05, 4.69) is 44.4 Å². The van der Waals surface area contributed by atoms with Crippen molar-refractivity contribution in [3.8, 4) is 0 Å². The van der Waals surface area contributed by atoms with Crippen LogP contribution in [0.4, 0.5) is 0 Å². The van der Waals surface area contributed by atoms with Crippen LogP contribution in [-0.2, 0) is 6.42 Å². The average Bonchev–Trinajstić information content (AvgIpc) is 2.66. The van der Waals surface area contributed by atoms with Gasteiger partial charge < -0.3 is 0 Å². The SMILES string of the molecule is CC(C)=CCCC(C)CCc1cccs1. The van der Waals surface area contributed by atoms with Crippen molar-refractivity contribution in [2.75, 3.05) is 0 Å². The number of hydrogen-bond acceptors (Lipinski definition) is 1. The van der Waals surface area contributed by atoms with Crippen LogP contribution in [0.1, 0.15) is 44.9 Å². The predicted molar refractivity (Wildman–Crippen MR) is 70.5 cm³/mol. The van der Waals surface area contributed by atoms with Gasteiger partial charge in [0.1, 0.15) is 0 Å².